The van der Waals surface area contributed by atoms with Gasteiger partial charge in [0.05, 0.1) is 22.9 Å². The summed E-state index contributed by atoms with van der Waals surface area (Å²) < 4.78 is 0. The first kappa shape index (κ1) is 15.1. The Hall–Kier alpha value is -1.34. The van der Waals surface area contributed by atoms with Gasteiger partial charge in [0.15, 0.2) is 0 Å². The van der Waals surface area contributed by atoms with Crippen LogP contribution in [0.1, 0.15) is 6.42 Å². The summed E-state index contributed by atoms with van der Waals surface area (Å²) in [7, 11) is 0. The van der Waals surface area contributed by atoms with Gasteiger partial charge in [-0.3, -0.25) is 9.69 Å². The molecule has 7 heteroatoms. The average molecular weight is 300 g/mol. The summed E-state index contributed by atoms with van der Waals surface area (Å²) in [5, 5.41) is 21.9. The number of anilines is 2. The van der Waals surface area contributed by atoms with E-state index >= 15 is 0 Å². The largest absolute Gasteiger partial charge is 0.399 e. The fourth-order valence-electron chi connectivity index (χ4n) is 2.13. The highest BCUT2D eigenvalue weighted by Gasteiger charge is 2.29. The quantitative estimate of drug-likeness (QED) is 0.599. The maximum Gasteiger partial charge on any atom is 0.225 e. The van der Waals surface area contributed by atoms with Crippen molar-refractivity contribution in [3.05, 3.63) is 23.2 Å². The summed E-state index contributed by atoms with van der Waals surface area (Å²) in [4.78, 5) is 13.7. The van der Waals surface area contributed by atoms with E-state index in [1.807, 2.05) is 4.90 Å². The molecule has 20 heavy (non-hydrogen) atoms. The fraction of sp³-hybridized carbons (Fsp3) is 0.462. The van der Waals surface area contributed by atoms with Crippen molar-refractivity contribution in [2.24, 2.45) is 0 Å². The molecule has 0 bridgehead atoms. The molecule has 1 aromatic rings. The molecule has 2 unspecified atom stereocenters. The van der Waals surface area contributed by atoms with Crippen LogP contribution in [0.15, 0.2) is 18.2 Å². The van der Waals surface area contributed by atoms with Crippen LogP contribution in [0.25, 0.3) is 0 Å². The van der Waals surface area contributed by atoms with Crippen LogP contribution >= 0.6 is 11.6 Å². The summed E-state index contributed by atoms with van der Waals surface area (Å²) in [6.45, 7) is 1.25. The van der Waals surface area contributed by atoms with Crippen molar-refractivity contribution in [2.45, 2.75) is 18.6 Å². The van der Waals surface area contributed by atoms with Crippen molar-refractivity contribution in [3.63, 3.8) is 0 Å². The molecule has 1 saturated heterocycles. The SMILES string of the molecule is Nc1ccc(NC(=O)CCN2CC(O)C(O)C2)c(Cl)c1. The van der Waals surface area contributed by atoms with E-state index in [4.69, 9.17) is 17.3 Å². The van der Waals surface area contributed by atoms with Crippen LogP contribution in [0.5, 0.6) is 0 Å². The molecule has 5 N–H and O–H groups in total. The second-order valence-electron chi connectivity index (χ2n) is 4.93. The number of carbonyl (C=O) groups is 1. The van der Waals surface area contributed by atoms with E-state index in [0.29, 0.717) is 36.0 Å². The van der Waals surface area contributed by atoms with Crippen LogP contribution in [0.4, 0.5) is 11.4 Å². The number of halogens is 1. The van der Waals surface area contributed by atoms with Crippen LogP contribution in [0.2, 0.25) is 5.02 Å². The number of rotatable bonds is 4. The Kier molecular flexibility index (Phi) is 4.82. The minimum Gasteiger partial charge on any atom is -0.399 e. The molecule has 0 spiro atoms. The maximum atomic E-state index is 11.8. The number of nitrogens with zero attached hydrogens (tertiary/aromatic N) is 1. The molecule has 0 saturated carbocycles. The lowest BCUT2D eigenvalue weighted by molar-refractivity contribution is -0.116. The van der Waals surface area contributed by atoms with Gasteiger partial charge in [0.2, 0.25) is 5.91 Å². The van der Waals surface area contributed by atoms with Gasteiger partial charge >= 0.3 is 0 Å². The number of β-amino-alcohol motifs (C(OH)–C–C–N with tert-alkyl or cyclic N) is 2. The first-order valence-electron chi connectivity index (χ1n) is 6.39. The minimum atomic E-state index is -0.732. The molecule has 2 atom stereocenters. The molecule has 2 rings (SSSR count). The molecule has 1 aliphatic rings. The molecule has 110 valence electrons. The number of benzene rings is 1. The van der Waals surface area contributed by atoms with Gasteiger partial charge in [-0.05, 0) is 18.2 Å². The summed E-state index contributed by atoms with van der Waals surface area (Å²) in [6.07, 6.45) is -1.20. The van der Waals surface area contributed by atoms with Crippen LogP contribution in [0, 0.1) is 0 Å². The highest BCUT2D eigenvalue weighted by atomic mass is 35.5. The first-order chi connectivity index (χ1) is 9.45. The molecule has 1 heterocycles. The van der Waals surface area contributed by atoms with Gasteiger partial charge in [0.1, 0.15) is 0 Å². The molecule has 0 aromatic heterocycles. The molecular formula is C13H18ClN3O3. The van der Waals surface area contributed by atoms with Crippen LogP contribution in [0.3, 0.4) is 0 Å². The number of carbonyl (C=O) groups excluding carboxylic acids is 1. The number of aliphatic hydroxyl groups excluding tert-OH is 2. The van der Waals surface area contributed by atoms with E-state index in [1.54, 1.807) is 18.2 Å². The van der Waals surface area contributed by atoms with Crippen LogP contribution in [-0.4, -0.2) is 52.9 Å². The Morgan fingerprint density at radius 2 is 2.05 bits per heavy atom. The van der Waals surface area contributed by atoms with Gasteiger partial charge < -0.3 is 21.3 Å². The maximum absolute atomic E-state index is 11.8. The number of amides is 1. The van der Waals surface area contributed by atoms with Crippen molar-refractivity contribution >= 4 is 28.9 Å². The molecule has 1 aliphatic heterocycles. The fourth-order valence-corrected chi connectivity index (χ4v) is 2.37. The topological polar surface area (TPSA) is 98.8 Å². The van der Waals surface area contributed by atoms with E-state index < -0.39 is 12.2 Å². The molecule has 0 radical (unpaired) electrons. The smallest absolute Gasteiger partial charge is 0.225 e. The standard InChI is InChI=1S/C13H18ClN3O3/c14-9-5-8(15)1-2-10(9)16-13(20)3-4-17-6-11(18)12(19)7-17/h1-2,5,11-12,18-19H,3-4,6-7,15H2,(H,16,20). The molecule has 1 amide bonds. The Balaban J connectivity index is 1.81. The van der Waals surface area contributed by atoms with E-state index in [1.165, 1.54) is 0 Å². The first-order valence-corrected chi connectivity index (χ1v) is 6.77. The average Bonchev–Trinajstić information content (AvgIpc) is 2.70. The summed E-state index contributed by atoms with van der Waals surface area (Å²) in [5.41, 5.74) is 6.63. The lowest BCUT2D eigenvalue weighted by atomic mass is 10.2. The number of nitrogens with one attached hydrogen (secondary N) is 1. The van der Waals surface area contributed by atoms with Gasteiger partial charge in [-0.2, -0.15) is 0 Å². The van der Waals surface area contributed by atoms with E-state index in [0.717, 1.165) is 0 Å². The number of aliphatic hydroxyl groups is 2. The number of likely N-dealkylation sites (tertiary alicyclic amines) is 1. The van der Waals surface area contributed by atoms with Crippen LogP contribution in [-0.2, 0) is 4.79 Å². The van der Waals surface area contributed by atoms with Crippen molar-refractivity contribution in [3.8, 4) is 0 Å². The van der Waals surface area contributed by atoms with Gasteiger partial charge in [0.25, 0.3) is 0 Å². The number of nitrogens with two attached hydrogens (primary N) is 1. The number of hydrogen-bond donors (Lipinski definition) is 4. The lowest BCUT2D eigenvalue weighted by Gasteiger charge is -2.14. The van der Waals surface area contributed by atoms with Crippen molar-refractivity contribution in [1.82, 2.24) is 4.90 Å². The summed E-state index contributed by atoms with van der Waals surface area (Å²) in [6, 6.07) is 4.89. The second kappa shape index (κ2) is 6.41. The highest BCUT2D eigenvalue weighted by molar-refractivity contribution is 6.34. The van der Waals surface area contributed by atoms with Gasteiger partial charge in [-0.15, -0.1) is 0 Å². The Labute approximate surface area is 122 Å². The lowest BCUT2D eigenvalue weighted by Crippen LogP contribution is -2.27. The molecule has 0 aliphatic carbocycles. The third-order valence-electron chi connectivity index (χ3n) is 3.26. The zero-order valence-electron chi connectivity index (χ0n) is 10.9. The van der Waals surface area contributed by atoms with Crippen molar-refractivity contribution in [1.29, 1.82) is 0 Å². The predicted octanol–water partition coefficient (Wildman–Crippen LogP) is 0.288. The molecule has 1 fully saturated rings. The minimum absolute atomic E-state index is 0.174. The highest BCUT2D eigenvalue weighted by Crippen LogP contribution is 2.24. The summed E-state index contributed by atoms with van der Waals surface area (Å²) in [5.74, 6) is -0.174. The third kappa shape index (κ3) is 3.83. The molecule has 6 nitrogen and oxygen atoms in total. The normalized spacial score (nSPS) is 22.9. The van der Waals surface area contributed by atoms with Gasteiger partial charge in [0, 0.05) is 31.7 Å². The second-order valence-corrected chi connectivity index (χ2v) is 5.34. The van der Waals surface area contributed by atoms with Crippen molar-refractivity contribution in [2.75, 3.05) is 30.7 Å². The molecular weight excluding hydrogens is 282 g/mol. The summed E-state index contributed by atoms with van der Waals surface area (Å²) >= 11 is 5.97. The predicted molar refractivity (Wildman–Crippen MR) is 77.6 cm³/mol. The Morgan fingerprint density at radius 3 is 2.65 bits per heavy atom. The van der Waals surface area contributed by atoms with Gasteiger partial charge in [-0.25, -0.2) is 0 Å². The number of hydrogen-bond acceptors (Lipinski definition) is 5. The van der Waals surface area contributed by atoms with Crippen LogP contribution < -0.4 is 11.1 Å². The van der Waals surface area contributed by atoms with E-state index in [2.05, 4.69) is 5.32 Å². The zero-order chi connectivity index (χ0) is 14.7. The number of nitrogen functional groups attached to an aromatic ring is 1. The van der Waals surface area contributed by atoms with E-state index in [-0.39, 0.29) is 12.3 Å². The molecule has 1 aromatic carbocycles. The monoisotopic (exact) mass is 299 g/mol. The van der Waals surface area contributed by atoms with Gasteiger partial charge in [-0.1, -0.05) is 11.6 Å². The third-order valence-corrected chi connectivity index (χ3v) is 3.57. The van der Waals surface area contributed by atoms with E-state index in [9.17, 15) is 15.0 Å². The zero-order valence-corrected chi connectivity index (χ0v) is 11.7. The Morgan fingerprint density at radius 1 is 1.40 bits per heavy atom. The Bertz CT molecular complexity index is 488. The van der Waals surface area contributed by atoms with Crippen molar-refractivity contribution < 1.29 is 15.0 Å².